The molecule has 0 aromatic heterocycles. The van der Waals surface area contributed by atoms with Gasteiger partial charge in [0.1, 0.15) is 5.75 Å². The van der Waals surface area contributed by atoms with Crippen LogP contribution in [0.5, 0.6) is 5.75 Å². The standard InChI is InChI=1S/C23H28N2O4/c1-18(2)19-8-10-21(11-9-19)28-17-23(27)29-16-22(26)25-14-12-24(13-15-25)20-6-4-3-5-7-20/h3-11,18H,12-17H2,1-2H3. The largest absolute Gasteiger partial charge is 0.482 e. The summed E-state index contributed by atoms with van der Waals surface area (Å²) in [5.41, 5.74) is 2.36. The van der Waals surface area contributed by atoms with Crippen LogP contribution in [0.4, 0.5) is 5.69 Å². The van der Waals surface area contributed by atoms with E-state index in [9.17, 15) is 9.59 Å². The van der Waals surface area contributed by atoms with E-state index in [2.05, 4.69) is 30.9 Å². The molecule has 29 heavy (non-hydrogen) atoms. The number of esters is 1. The Morgan fingerprint density at radius 2 is 1.55 bits per heavy atom. The van der Waals surface area contributed by atoms with Crippen LogP contribution in [0.2, 0.25) is 0 Å². The molecule has 1 amide bonds. The Morgan fingerprint density at radius 3 is 2.17 bits per heavy atom. The van der Waals surface area contributed by atoms with Crippen LogP contribution in [0.25, 0.3) is 0 Å². The van der Waals surface area contributed by atoms with Crippen molar-refractivity contribution in [2.24, 2.45) is 0 Å². The summed E-state index contributed by atoms with van der Waals surface area (Å²) in [5.74, 6) is 0.325. The molecule has 1 aliphatic rings. The second-order valence-corrected chi connectivity index (χ2v) is 7.38. The Labute approximate surface area is 172 Å². The highest BCUT2D eigenvalue weighted by molar-refractivity contribution is 5.81. The number of hydrogen-bond acceptors (Lipinski definition) is 5. The number of nitrogens with zero attached hydrogens (tertiary/aromatic N) is 2. The minimum Gasteiger partial charge on any atom is -0.482 e. The third-order valence-electron chi connectivity index (χ3n) is 5.01. The third kappa shape index (κ3) is 5.98. The second kappa shape index (κ2) is 9.96. The molecular formula is C23H28N2O4. The van der Waals surface area contributed by atoms with Crippen LogP contribution in [0.3, 0.4) is 0 Å². The molecule has 0 saturated carbocycles. The van der Waals surface area contributed by atoms with Gasteiger partial charge >= 0.3 is 5.97 Å². The van der Waals surface area contributed by atoms with Gasteiger partial charge in [0.25, 0.3) is 5.91 Å². The maximum Gasteiger partial charge on any atom is 0.344 e. The molecule has 6 nitrogen and oxygen atoms in total. The Kier molecular flexibility index (Phi) is 7.11. The first-order valence-electron chi connectivity index (χ1n) is 9.99. The van der Waals surface area contributed by atoms with E-state index in [1.165, 1.54) is 5.56 Å². The Balaban J connectivity index is 1.36. The molecule has 6 heteroatoms. The van der Waals surface area contributed by atoms with Gasteiger partial charge in [-0.1, -0.05) is 44.2 Å². The fraction of sp³-hybridized carbons (Fsp3) is 0.391. The monoisotopic (exact) mass is 396 g/mol. The average molecular weight is 396 g/mol. The van der Waals surface area contributed by atoms with Gasteiger partial charge in [-0.2, -0.15) is 0 Å². The zero-order valence-electron chi connectivity index (χ0n) is 17.0. The van der Waals surface area contributed by atoms with E-state index < -0.39 is 5.97 Å². The number of hydrogen-bond donors (Lipinski definition) is 0. The van der Waals surface area contributed by atoms with E-state index in [0.717, 1.165) is 18.8 Å². The van der Waals surface area contributed by atoms with Crippen LogP contribution in [0.15, 0.2) is 54.6 Å². The summed E-state index contributed by atoms with van der Waals surface area (Å²) in [4.78, 5) is 28.2. The van der Waals surface area contributed by atoms with Crippen molar-refractivity contribution >= 4 is 17.6 Å². The summed E-state index contributed by atoms with van der Waals surface area (Å²) in [6.45, 7) is 6.53. The number of para-hydroxylation sites is 1. The highest BCUT2D eigenvalue weighted by Crippen LogP contribution is 2.18. The van der Waals surface area contributed by atoms with E-state index in [0.29, 0.717) is 24.8 Å². The van der Waals surface area contributed by atoms with Crippen molar-refractivity contribution in [2.75, 3.05) is 44.3 Å². The van der Waals surface area contributed by atoms with Gasteiger partial charge in [0.15, 0.2) is 13.2 Å². The van der Waals surface area contributed by atoms with E-state index in [4.69, 9.17) is 9.47 Å². The molecule has 1 fully saturated rings. The van der Waals surface area contributed by atoms with Gasteiger partial charge in [-0.15, -0.1) is 0 Å². The molecule has 154 valence electrons. The molecule has 0 unspecified atom stereocenters. The summed E-state index contributed by atoms with van der Waals surface area (Å²) >= 11 is 0. The Morgan fingerprint density at radius 1 is 0.897 bits per heavy atom. The minimum absolute atomic E-state index is 0.174. The highest BCUT2D eigenvalue weighted by Gasteiger charge is 2.22. The lowest BCUT2D eigenvalue weighted by atomic mass is 10.0. The predicted molar refractivity (Wildman–Crippen MR) is 112 cm³/mol. The van der Waals surface area contributed by atoms with Crippen LogP contribution >= 0.6 is 0 Å². The normalized spacial score (nSPS) is 14.0. The molecule has 0 spiro atoms. The first-order chi connectivity index (χ1) is 14.0. The lowest BCUT2D eigenvalue weighted by molar-refractivity contribution is -0.153. The number of anilines is 1. The smallest absolute Gasteiger partial charge is 0.344 e. The molecule has 1 heterocycles. The summed E-state index contributed by atoms with van der Waals surface area (Å²) in [7, 11) is 0. The van der Waals surface area contributed by atoms with E-state index in [1.54, 1.807) is 4.90 Å². The van der Waals surface area contributed by atoms with Crippen LogP contribution in [0.1, 0.15) is 25.3 Å². The average Bonchev–Trinajstić information content (AvgIpc) is 2.77. The van der Waals surface area contributed by atoms with Crippen LogP contribution < -0.4 is 9.64 Å². The van der Waals surface area contributed by atoms with Crippen molar-refractivity contribution in [3.8, 4) is 5.75 Å². The van der Waals surface area contributed by atoms with Crippen molar-refractivity contribution in [2.45, 2.75) is 19.8 Å². The van der Waals surface area contributed by atoms with Crippen molar-refractivity contribution < 1.29 is 19.1 Å². The van der Waals surface area contributed by atoms with Crippen molar-refractivity contribution in [1.82, 2.24) is 4.90 Å². The molecule has 2 aromatic rings. The SMILES string of the molecule is CC(C)c1ccc(OCC(=O)OCC(=O)N2CCN(c3ccccc3)CC2)cc1. The molecular weight excluding hydrogens is 368 g/mol. The number of piperazine rings is 1. The predicted octanol–water partition coefficient (Wildman–Crippen LogP) is 3.08. The first kappa shape index (κ1) is 20.7. The summed E-state index contributed by atoms with van der Waals surface area (Å²) in [6.07, 6.45) is 0. The van der Waals surface area contributed by atoms with Gasteiger partial charge in [0, 0.05) is 31.9 Å². The van der Waals surface area contributed by atoms with Crippen LogP contribution in [0, 0.1) is 0 Å². The number of amides is 1. The van der Waals surface area contributed by atoms with Gasteiger partial charge in [0.2, 0.25) is 0 Å². The highest BCUT2D eigenvalue weighted by atomic mass is 16.6. The number of carbonyl (C=O) groups excluding carboxylic acids is 2. The van der Waals surface area contributed by atoms with Gasteiger partial charge in [-0.3, -0.25) is 4.79 Å². The second-order valence-electron chi connectivity index (χ2n) is 7.38. The summed E-state index contributed by atoms with van der Waals surface area (Å²) in [5, 5.41) is 0. The molecule has 0 aliphatic carbocycles. The number of benzene rings is 2. The number of carbonyl (C=O) groups is 2. The maximum atomic E-state index is 12.3. The zero-order valence-corrected chi connectivity index (χ0v) is 17.0. The fourth-order valence-electron chi connectivity index (χ4n) is 3.22. The molecule has 0 radical (unpaired) electrons. The van der Waals surface area contributed by atoms with Crippen LogP contribution in [-0.4, -0.2) is 56.2 Å². The molecule has 2 aromatic carbocycles. The molecule has 1 aliphatic heterocycles. The summed E-state index contributed by atoms with van der Waals surface area (Å²) < 4.78 is 10.5. The maximum absolute atomic E-state index is 12.3. The molecule has 1 saturated heterocycles. The third-order valence-corrected chi connectivity index (χ3v) is 5.01. The van der Waals surface area contributed by atoms with Crippen LogP contribution in [-0.2, 0) is 14.3 Å². The topological polar surface area (TPSA) is 59.1 Å². The van der Waals surface area contributed by atoms with Crippen molar-refractivity contribution in [3.05, 3.63) is 60.2 Å². The number of rotatable bonds is 7. The van der Waals surface area contributed by atoms with E-state index in [-0.39, 0.29) is 19.1 Å². The van der Waals surface area contributed by atoms with Gasteiger partial charge in [-0.05, 0) is 35.7 Å². The quantitative estimate of drug-likeness (QED) is 0.673. The molecule has 0 bridgehead atoms. The Hall–Kier alpha value is -3.02. The molecule has 3 rings (SSSR count). The first-order valence-corrected chi connectivity index (χ1v) is 9.99. The van der Waals surface area contributed by atoms with Crippen molar-refractivity contribution in [3.63, 3.8) is 0 Å². The Bertz CT molecular complexity index is 797. The fourth-order valence-corrected chi connectivity index (χ4v) is 3.22. The molecule has 0 N–H and O–H groups in total. The zero-order chi connectivity index (χ0) is 20.6. The summed E-state index contributed by atoms with van der Waals surface area (Å²) in [6, 6.07) is 17.8. The van der Waals surface area contributed by atoms with Gasteiger partial charge < -0.3 is 19.3 Å². The molecule has 0 atom stereocenters. The van der Waals surface area contributed by atoms with Gasteiger partial charge in [-0.25, -0.2) is 4.79 Å². The van der Waals surface area contributed by atoms with E-state index >= 15 is 0 Å². The van der Waals surface area contributed by atoms with E-state index in [1.807, 2.05) is 42.5 Å². The minimum atomic E-state index is -0.547. The lowest BCUT2D eigenvalue weighted by Crippen LogP contribution is -2.50. The van der Waals surface area contributed by atoms with Gasteiger partial charge in [0.05, 0.1) is 0 Å². The lowest BCUT2D eigenvalue weighted by Gasteiger charge is -2.36. The number of ether oxygens (including phenoxy) is 2. The van der Waals surface area contributed by atoms with Crippen molar-refractivity contribution in [1.29, 1.82) is 0 Å².